The molecule has 0 aliphatic carbocycles. The van der Waals surface area contributed by atoms with Crippen molar-refractivity contribution >= 4 is 5.91 Å². The highest BCUT2D eigenvalue weighted by Crippen LogP contribution is 2.28. The summed E-state index contributed by atoms with van der Waals surface area (Å²) < 4.78 is 2.17. The van der Waals surface area contributed by atoms with Gasteiger partial charge in [-0.15, -0.1) is 10.2 Å². The van der Waals surface area contributed by atoms with E-state index < -0.39 is 0 Å². The van der Waals surface area contributed by atoms with Crippen molar-refractivity contribution in [2.75, 3.05) is 26.2 Å². The van der Waals surface area contributed by atoms with Gasteiger partial charge in [0.15, 0.2) is 0 Å². The van der Waals surface area contributed by atoms with Gasteiger partial charge in [-0.05, 0) is 45.2 Å². The number of carbonyl (C=O) groups is 1. The van der Waals surface area contributed by atoms with E-state index in [1.165, 1.54) is 12.8 Å². The normalized spacial score (nSPS) is 19.1. The molecule has 0 bridgehead atoms. The molecule has 2 fully saturated rings. The average molecular weight is 371 g/mol. The molecule has 0 radical (unpaired) electrons. The summed E-state index contributed by atoms with van der Waals surface area (Å²) >= 11 is 0. The van der Waals surface area contributed by atoms with Crippen molar-refractivity contribution in [2.45, 2.75) is 51.5 Å². The fraction of sp³-hybridized carbons (Fsp3) is 0.684. The van der Waals surface area contributed by atoms with Crippen molar-refractivity contribution in [3.63, 3.8) is 0 Å². The van der Waals surface area contributed by atoms with Gasteiger partial charge in [-0.3, -0.25) is 14.8 Å². The number of aromatic nitrogens is 5. The molecule has 4 rings (SSSR count). The van der Waals surface area contributed by atoms with E-state index in [0.717, 1.165) is 69.3 Å². The van der Waals surface area contributed by atoms with Crippen LogP contribution in [0.1, 0.15) is 66.2 Å². The Morgan fingerprint density at radius 2 is 1.93 bits per heavy atom. The summed E-state index contributed by atoms with van der Waals surface area (Å²) in [6.07, 6.45) is 6.87. The van der Waals surface area contributed by atoms with Gasteiger partial charge in [0.25, 0.3) is 5.91 Å². The summed E-state index contributed by atoms with van der Waals surface area (Å²) in [5.74, 6) is 2.57. The van der Waals surface area contributed by atoms with Gasteiger partial charge in [0.05, 0.1) is 18.3 Å². The molecule has 2 aliphatic heterocycles. The molecule has 0 spiro atoms. The molecule has 2 saturated heterocycles. The first-order valence-corrected chi connectivity index (χ1v) is 10.1. The molecular weight excluding hydrogens is 342 g/mol. The molecule has 146 valence electrons. The molecule has 0 aromatic carbocycles. The highest BCUT2D eigenvalue weighted by atomic mass is 16.2. The van der Waals surface area contributed by atoms with E-state index >= 15 is 0 Å². The van der Waals surface area contributed by atoms with Gasteiger partial charge in [0.2, 0.25) is 0 Å². The van der Waals surface area contributed by atoms with E-state index in [9.17, 15) is 4.79 Å². The number of rotatable bonds is 5. The average Bonchev–Trinajstić information content (AvgIpc) is 3.44. The number of nitrogens with one attached hydrogen (secondary N) is 1. The van der Waals surface area contributed by atoms with Crippen LogP contribution in [0.5, 0.6) is 0 Å². The van der Waals surface area contributed by atoms with Crippen LogP contribution in [0.3, 0.4) is 0 Å². The van der Waals surface area contributed by atoms with Crippen molar-refractivity contribution in [3.8, 4) is 0 Å². The second-order valence-corrected chi connectivity index (χ2v) is 7.70. The number of nitrogens with zero attached hydrogens (tertiary/aromatic N) is 6. The molecule has 0 unspecified atom stereocenters. The molecule has 2 aromatic rings. The zero-order chi connectivity index (χ0) is 18.8. The Labute approximate surface area is 159 Å². The summed E-state index contributed by atoms with van der Waals surface area (Å²) in [5.41, 5.74) is 1.63. The van der Waals surface area contributed by atoms with Crippen LogP contribution in [0.4, 0.5) is 0 Å². The van der Waals surface area contributed by atoms with Crippen molar-refractivity contribution in [1.82, 2.24) is 34.8 Å². The van der Waals surface area contributed by atoms with Crippen LogP contribution in [-0.2, 0) is 20.0 Å². The molecule has 2 aliphatic rings. The lowest BCUT2D eigenvalue weighted by Crippen LogP contribution is -2.38. The first kappa shape index (κ1) is 18.2. The summed E-state index contributed by atoms with van der Waals surface area (Å²) in [6.45, 7) is 6.76. The number of aromatic amines is 1. The minimum atomic E-state index is 0.0896. The number of aryl methyl sites for hydroxylation is 1. The Bertz CT molecular complexity index is 782. The van der Waals surface area contributed by atoms with Crippen LogP contribution >= 0.6 is 0 Å². The third kappa shape index (κ3) is 3.63. The maximum absolute atomic E-state index is 12.8. The van der Waals surface area contributed by atoms with Crippen molar-refractivity contribution < 1.29 is 4.79 Å². The fourth-order valence-corrected chi connectivity index (χ4v) is 4.29. The van der Waals surface area contributed by atoms with Crippen LogP contribution < -0.4 is 0 Å². The highest BCUT2D eigenvalue weighted by molar-refractivity contribution is 5.95. The summed E-state index contributed by atoms with van der Waals surface area (Å²) in [7, 11) is 2.08. The van der Waals surface area contributed by atoms with Gasteiger partial charge in [-0.25, -0.2) is 0 Å². The SMILES string of the molecule is CCc1[nH]ncc1C(=O)N1CCC(c2nnc(CN3CCCC3)n2C)CC1. The summed E-state index contributed by atoms with van der Waals surface area (Å²) in [4.78, 5) is 17.2. The number of hydrogen-bond donors (Lipinski definition) is 1. The second-order valence-electron chi connectivity index (χ2n) is 7.70. The molecule has 0 atom stereocenters. The third-order valence-electron chi connectivity index (χ3n) is 6.01. The Morgan fingerprint density at radius 3 is 2.63 bits per heavy atom. The lowest BCUT2D eigenvalue weighted by molar-refractivity contribution is 0.0709. The first-order chi connectivity index (χ1) is 13.2. The standard InChI is InChI=1S/C19H29N7O/c1-3-16-15(12-20-21-16)19(27)26-10-6-14(7-11-26)18-23-22-17(24(18)2)13-25-8-4-5-9-25/h12,14H,3-11,13H2,1-2H3,(H,20,21). The maximum Gasteiger partial charge on any atom is 0.257 e. The van der Waals surface area contributed by atoms with Crippen LogP contribution in [-0.4, -0.2) is 66.8 Å². The number of H-pyrrole nitrogens is 1. The molecule has 1 N–H and O–H groups in total. The van der Waals surface area contributed by atoms with E-state index in [1.54, 1.807) is 6.20 Å². The number of piperidine rings is 1. The zero-order valence-corrected chi connectivity index (χ0v) is 16.3. The van der Waals surface area contributed by atoms with E-state index in [1.807, 2.05) is 11.8 Å². The Balaban J connectivity index is 1.38. The first-order valence-electron chi connectivity index (χ1n) is 10.1. The van der Waals surface area contributed by atoms with E-state index in [-0.39, 0.29) is 5.91 Å². The quantitative estimate of drug-likeness (QED) is 0.865. The van der Waals surface area contributed by atoms with Gasteiger partial charge in [-0.2, -0.15) is 5.10 Å². The minimum Gasteiger partial charge on any atom is -0.338 e. The minimum absolute atomic E-state index is 0.0896. The van der Waals surface area contributed by atoms with Crippen LogP contribution in [0.2, 0.25) is 0 Å². The van der Waals surface area contributed by atoms with E-state index in [0.29, 0.717) is 11.5 Å². The third-order valence-corrected chi connectivity index (χ3v) is 6.01. The second kappa shape index (κ2) is 7.80. The predicted octanol–water partition coefficient (Wildman–Crippen LogP) is 1.72. The zero-order valence-electron chi connectivity index (χ0n) is 16.3. The van der Waals surface area contributed by atoms with Gasteiger partial charge in [-0.1, -0.05) is 6.92 Å². The lowest BCUT2D eigenvalue weighted by atomic mass is 9.95. The number of carbonyl (C=O) groups excluding carboxylic acids is 1. The Kier molecular flexibility index (Phi) is 5.24. The van der Waals surface area contributed by atoms with Crippen LogP contribution in [0.25, 0.3) is 0 Å². The van der Waals surface area contributed by atoms with Crippen molar-refractivity contribution in [1.29, 1.82) is 0 Å². The fourth-order valence-electron chi connectivity index (χ4n) is 4.29. The van der Waals surface area contributed by atoms with E-state index in [2.05, 4.69) is 36.9 Å². The predicted molar refractivity (Wildman–Crippen MR) is 101 cm³/mol. The Morgan fingerprint density at radius 1 is 1.19 bits per heavy atom. The number of hydrogen-bond acceptors (Lipinski definition) is 5. The molecule has 2 aromatic heterocycles. The molecule has 27 heavy (non-hydrogen) atoms. The lowest BCUT2D eigenvalue weighted by Gasteiger charge is -2.31. The Hall–Kier alpha value is -2.22. The number of likely N-dealkylation sites (tertiary alicyclic amines) is 2. The van der Waals surface area contributed by atoms with Gasteiger partial charge in [0, 0.05) is 31.7 Å². The molecule has 0 saturated carbocycles. The maximum atomic E-state index is 12.8. The van der Waals surface area contributed by atoms with Crippen molar-refractivity contribution in [2.24, 2.45) is 7.05 Å². The van der Waals surface area contributed by atoms with E-state index in [4.69, 9.17) is 0 Å². The molecule has 4 heterocycles. The smallest absolute Gasteiger partial charge is 0.257 e. The van der Waals surface area contributed by atoms with Crippen molar-refractivity contribution in [3.05, 3.63) is 29.1 Å². The molecule has 1 amide bonds. The monoisotopic (exact) mass is 371 g/mol. The van der Waals surface area contributed by atoms with Gasteiger partial charge >= 0.3 is 0 Å². The van der Waals surface area contributed by atoms with Crippen LogP contribution in [0.15, 0.2) is 6.20 Å². The van der Waals surface area contributed by atoms with Gasteiger partial charge in [0.1, 0.15) is 11.6 Å². The number of amides is 1. The molecule has 8 heteroatoms. The van der Waals surface area contributed by atoms with Crippen LogP contribution in [0, 0.1) is 0 Å². The van der Waals surface area contributed by atoms with Gasteiger partial charge < -0.3 is 9.47 Å². The molecular formula is C19H29N7O. The summed E-state index contributed by atoms with van der Waals surface area (Å²) in [5, 5.41) is 15.9. The topological polar surface area (TPSA) is 82.9 Å². The highest BCUT2D eigenvalue weighted by Gasteiger charge is 2.29. The summed E-state index contributed by atoms with van der Waals surface area (Å²) in [6, 6.07) is 0. The largest absolute Gasteiger partial charge is 0.338 e. The molecule has 8 nitrogen and oxygen atoms in total.